The molecule has 2 aromatic rings. The molecule has 10 heteroatoms. The van der Waals surface area contributed by atoms with E-state index < -0.39 is 12.0 Å². The van der Waals surface area contributed by atoms with Crippen molar-refractivity contribution in [2.75, 3.05) is 11.9 Å². The predicted molar refractivity (Wildman–Crippen MR) is 116 cm³/mol. The van der Waals surface area contributed by atoms with Gasteiger partial charge in [-0.25, -0.2) is 4.79 Å². The SMILES string of the molecule is CC(C)(C)NC(=O)OC1CCC(c2cc(NC(=O)COc3cccc(O)c3C=O)n[nH]2)C1. The summed E-state index contributed by atoms with van der Waals surface area (Å²) < 4.78 is 10.8. The highest BCUT2D eigenvalue weighted by molar-refractivity contribution is 5.91. The Kier molecular flexibility index (Phi) is 7.01. The molecule has 2 amide bonds. The molecule has 0 spiro atoms. The molecule has 1 saturated carbocycles. The first-order valence-corrected chi connectivity index (χ1v) is 10.4. The topological polar surface area (TPSA) is 143 Å². The van der Waals surface area contributed by atoms with Crippen molar-refractivity contribution >= 4 is 24.1 Å². The van der Waals surface area contributed by atoms with Crippen LogP contribution < -0.4 is 15.4 Å². The standard InChI is InChI=1S/C22H28N4O6/c1-22(2,3)24-21(30)32-14-8-7-13(9-14)16-10-19(26-25-16)23-20(29)12-31-18-6-4-5-17(28)15(18)11-27/h4-6,10-11,13-14,28H,7-9,12H2,1-3H3,(H,24,30)(H2,23,25,26,29). The van der Waals surface area contributed by atoms with Gasteiger partial charge in [-0.1, -0.05) is 6.07 Å². The van der Waals surface area contributed by atoms with Gasteiger partial charge >= 0.3 is 6.09 Å². The number of alkyl carbamates (subject to hydrolysis) is 1. The Morgan fingerprint density at radius 2 is 2.09 bits per heavy atom. The Morgan fingerprint density at radius 3 is 2.81 bits per heavy atom. The number of aldehydes is 1. The summed E-state index contributed by atoms with van der Waals surface area (Å²) in [6, 6.07) is 6.10. The zero-order valence-electron chi connectivity index (χ0n) is 18.3. The molecule has 1 fully saturated rings. The molecular formula is C22H28N4O6. The third-order valence-corrected chi connectivity index (χ3v) is 4.96. The molecule has 2 atom stereocenters. The Bertz CT molecular complexity index is 981. The summed E-state index contributed by atoms with van der Waals surface area (Å²) in [7, 11) is 0. The van der Waals surface area contributed by atoms with Crippen LogP contribution in [-0.2, 0) is 9.53 Å². The van der Waals surface area contributed by atoms with Gasteiger partial charge in [0.25, 0.3) is 5.91 Å². The molecule has 1 heterocycles. The summed E-state index contributed by atoms with van der Waals surface area (Å²) >= 11 is 0. The molecular weight excluding hydrogens is 416 g/mol. The van der Waals surface area contributed by atoms with Crippen LogP contribution in [0, 0.1) is 0 Å². The van der Waals surface area contributed by atoms with Crippen LogP contribution in [0.4, 0.5) is 10.6 Å². The van der Waals surface area contributed by atoms with Gasteiger partial charge in [-0.2, -0.15) is 5.10 Å². The summed E-state index contributed by atoms with van der Waals surface area (Å²) in [5.41, 5.74) is 0.474. The largest absolute Gasteiger partial charge is 0.507 e. The number of hydrogen-bond donors (Lipinski definition) is 4. The third-order valence-electron chi connectivity index (χ3n) is 4.96. The average Bonchev–Trinajstić information content (AvgIpc) is 3.34. The first-order valence-electron chi connectivity index (χ1n) is 10.4. The summed E-state index contributed by atoms with van der Waals surface area (Å²) in [6.45, 7) is 5.32. The number of aromatic amines is 1. The first kappa shape index (κ1) is 23.1. The number of phenols is 1. The molecule has 1 aliphatic carbocycles. The lowest BCUT2D eigenvalue weighted by atomic mass is 10.0. The number of benzene rings is 1. The van der Waals surface area contributed by atoms with Gasteiger partial charge in [0.05, 0.1) is 5.56 Å². The maximum absolute atomic E-state index is 12.2. The Morgan fingerprint density at radius 1 is 1.31 bits per heavy atom. The normalized spacial score (nSPS) is 18.1. The van der Waals surface area contributed by atoms with Crippen LogP contribution >= 0.6 is 0 Å². The first-order chi connectivity index (χ1) is 15.1. The van der Waals surface area contributed by atoms with Gasteiger partial charge in [0.2, 0.25) is 0 Å². The second-order valence-corrected chi connectivity index (χ2v) is 8.76. The van der Waals surface area contributed by atoms with E-state index in [9.17, 15) is 19.5 Å². The number of phenolic OH excluding ortho intramolecular Hbond substituents is 1. The number of rotatable bonds is 7. The summed E-state index contributed by atoms with van der Waals surface area (Å²) in [6.07, 6.45) is 2.12. The molecule has 1 aliphatic rings. The minimum Gasteiger partial charge on any atom is -0.507 e. The Balaban J connectivity index is 1.49. The number of nitrogens with zero attached hydrogens (tertiary/aromatic N) is 1. The van der Waals surface area contributed by atoms with E-state index in [1.165, 1.54) is 18.2 Å². The molecule has 0 radical (unpaired) electrons. The van der Waals surface area contributed by atoms with Crippen molar-refractivity contribution in [3.8, 4) is 11.5 Å². The van der Waals surface area contributed by atoms with E-state index in [1.807, 2.05) is 20.8 Å². The fourth-order valence-electron chi connectivity index (χ4n) is 3.53. The minimum absolute atomic E-state index is 0.0171. The van der Waals surface area contributed by atoms with Crippen LogP contribution in [0.25, 0.3) is 0 Å². The second kappa shape index (κ2) is 9.71. The van der Waals surface area contributed by atoms with Gasteiger partial charge in [0, 0.05) is 23.2 Å². The molecule has 4 N–H and O–H groups in total. The third kappa shape index (κ3) is 6.22. The lowest BCUT2D eigenvalue weighted by molar-refractivity contribution is -0.118. The number of aromatic hydroxyl groups is 1. The van der Waals surface area contributed by atoms with Gasteiger partial charge < -0.3 is 25.2 Å². The number of aromatic nitrogens is 2. The number of H-pyrrole nitrogens is 1. The maximum Gasteiger partial charge on any atom is 0.407 e. The van der Waals surface area contributed by atoms with E-state index in [0.717, 1.165) is 18.5 Å². The van der Waals surface area contributed by atoms with E-state index in [0.29, 0.717) is 18.5 Å². The van der Waals surface area contributed by atoms with Gasteiger partial charge in [0.15, 0.2) is 18.7 Å². The van der Waals surface area contributed by atoms with Crippen molar-refractivity contribution in [2.24, 2.45) is 0 Å². The lowest BCUT2D eigenvalue weighted by Gasteiger charge is -2.22. The molecule has 0 saturated heterocycles. The lowest BCUT2D eigenvalue weighted by Crippen LogP contribution is -2.42. The smallest absolute Gasteiger partial charge is 0.407 e. The molecule has 3 rings (SSSR count). The average molecular weight is 444 g/mol. The molecule has 172 valence electrons. The highest BCUT2D eigenvalue weighted by Gasteiger charge is 2.30. The number of anilines is 1. The highest BCUT2D eigenvalue weighted by atomic mass is 16.6. The van der Waals surface area contributed by atoms with Crippen LogP contribution in [0.3, 0.4) is 0 Å². The van der Waals surface area contributed by atoms with Crippen molar-refractivity contribution in [3.63, 3.8) is 0 Å². The van der Waals surface area contributed by atoms with Crippen LogP contribution in [0.1, 0.15) is 62.0 Å². The summed E-state index contributed by atoms with van der Waals surface area (Å²) in [5.74, 6) is -0.0843. The van der Waals surface area contributed by atoms with Crippen LogP contribution in [-0.4, -0.2) is 51.8 Å². The number of hydrogen-bond acceptors (Lipinski definition) is 7. The van der Waals surface area contributed by atoms with E-state index in [-0.39, 0.29) is 41.2 Å². The number of ether oxygens (including phenoxy) is 2. The van der Waals surface area contributed by atoms with Crippen LogP contribution in [0.5, 0.6) is 11.5 Å². The predicted octanol–water partition coefficient (Wildman–Crippen LogP) is 3.11. The monoisotopic (exact) mass is 444 g/mol. The zero-order valence-corrected chi connectivity index (χ0v) is 18.3. The van der Waals surface area contributed by atoms with Gasteiger partial charge in [0.1, 0.15) is 17.6 Å². The highest BCUT2D eigenvalue weighted by Crippen LogP contribution is 2.36. The second-order valence-electron chi connectivity index (χ2n) is 8.76. The van der Waals surface area contributed by atoms with Gasteiger partial charge in [-0.15, -0.1) is 0 Å². The minimum atomic E-state index is -0.463. The summed E-state index contributed by atoms with van der Waals surface area (Å²) in [5, 5.41) is 22.1. The molecule has 32 heavy (non-hydrogen) atoms. The van der Waals surface area contributed by atoms with Crippen molar-refractivity contribution in [1.29, 1.82) is 0 Å². The fourth-order valence-corrected chi connectivity index (χ4v) is 3.53. The van der Waals surface area contributed by atoms with Crippen molar-refractivity contribution < 1.29 is 29.0 Å². The quantitative estimate of drug-likeness (QED) is 0.481. The van der Waals surface area contributed by atoms with Crippen LogP contribution in [0.15, 0.2) is 24.3 Å². The van der Waals surface area contributed by atoms with E-state index in [2.05, 4.69) is 20.8 Å². The van der Waals surface area contributed by atoms with E-state index >= 15 is 0 Å². The molecule has 1 aromatic carbocycles. The molecule has 0 bridgehead atoms. The Hall–Kier alpha value is -3.56. The number of carbonyl (C=O) groups excluding carboxylic acids is 3. The molecule has 1 aromatic heterocycles. The van der Waals surface area contributed by atoms with Gasteiger partial charge in [-0.3, -0.25) is 14.7 Å². The van der Waals surface area contributed by atoms with E-state index in [4.69, 9.17) is 9.47 Å². The number of carbonyl (C=O) groups is 3. The maximum atomic E-state index is 12.2. The van der Waals surface area contributed by atoms with Crippen LogP contribution in [0.2, 0.25) is 0 Å². The Labute approximate surface area is 185 Å². The zero-order chi connectivity index (χ0) is 23.3. The number of nitrogens with one attached hydrogen (secondary N) is 3. The van der Waals surface area contributed by atoms with Gasteiger partial charge in [-0.05, 0) is 52.2 Å². The molecule has 2 unspecified atom stereocenters. The number of amides is 2. The van der Waals surface area contributed by atoms with Crippen molar-refractivity contribution in [1.82, 2.24) is 15.5 Å². The molecule has 0 aliphatic heterocycles. The van der Waals surface area contributed by atoms with E-state index in [1.54, 1.807) is 6.07 Å². The molecule has 10 nitrogen and oxygen atoms in total. The van der Waals surface area contributed by atoms with Crippen molar-refractivity contribution in [3.05, 3.63) is 35.5 Å². The van der Waals surface area contributed by atoms with Crippen molar-refractivity contribution in [2.45, 2.75) is 57.6 Å². The summed E-state index contributed by atoms with van der Waals surface area (Å²) in [4.78, 5) is 35.2. The fraction of sp³-hybridized carbons (Fsp3) is 0.455.